The maximum absolute atomic E-state index is 10.7. The first-order chi connectivity index (χ1) is 9.58. The van der Waals surface area contributed by atoms with Gasteiger partial charge in [-0.2, -0.15) is 0 Å². The van der Waals surface area contributed by atoms with E-state index in [1.807, 2.05) is 0 Å². The number of aliphatic carboxylic acids is 1. The zero-order valence-electron chi connectivity index (χ0n) is 11.9. The van der Waals surface area contributed by atoms with Crippen LogP contribution in [-0.2, 0) is 4.79 Å². The van der Waals surface area contributed by atoms with Crippen LogP contribution in [0.25, 0.3) is 0 Å². The van der Waals surface area contributed by atoms with E-state index >= 15 is 0 Å². The molecule has 1 aliphatic carbocycles. The third-order valence-corrected chi connectivity index (χ3v) is 4.62. The highest BCUT2D eigenvalue weighted by atomic mass is 35.5. The molecule has 1 atom stereocenters. The summed E-state index contributed by atoms with van der Waals surface area (Å²) in [5.41, 5.74) is 5.55. The number of halogens is 2. The summed E-state index contributed by atoms with van der Waals surface area (Å²) in [5, 5.41) is 8.79. The number of hydrogen-bond donors (Lipinski definition) is 2. The Bertz CT molecular complexity index is 278. The van der Waals surface area contributed by atoms with Crippen LogP contribution in [0.5, 0.6) is 0 Å². The van der Waals surface area contributed by atoms with Crippen LogP contribution in [-0.4, -0.2) is 52.9 Å². The lowest BCUT2D eigenvalue weighted by Crippen LogP contribution is -2.40. The quantitative estimate of drug-likeness (QED) is 0.639. The molecule has 0 radical (unpaired) electrons. The number of carboxylic acid groups (broad SMARTS) is 1. The molecular formula is C14H26Cl2N2O2. The average Bonchev–Trinajstić information content (AvgIpc) is 2.45. The standard InChI is InChI=1S/C14H26Cl2N2O2/c15-7-9-18(10-8-16)12-4-1-11(2-5-12)3-6-13(17)14(19)20/h11-13H,1-10,17H2,(H,19,20)/t11?,12?,13-/m0/s1. The third-order valence-electron chi connectivity index (χ3n) is 4.28. The molecule has 0 bridgehead atoms. The Kier molecular flexibility index (Phi) is 8.85. The summed E-state index contributed by atoms with van der Waals surface area (Å²) >= 11 is 11.7. The van der Waals surface area contributed by atoms with Crippen molar-refractivity contribution in [1.82, 2.24) is 4.90 Å². The molecule has 1 aliphatic rings. The van der Waals surface area contributed by atoms with Gasteiger partial charge in [0.25, 0.3) is 0 Å². The molecule has 1 rings (SSSR count). The van der Waals surface area contributed by atoms with E-state index < -0.39 is 12.0 Å². The highest BCUT2D eigenvalue weighted by Crippen LogP contribution is 2.30. The van der Waals surface area contributed by atoms with Gasteiger partial charge >= 0.3 is 5.97 Å². The van der Waals surface area contributed by atoms with Crippen LogP contribution in [0.4, 0.5) is 0 Å². The van der Waals surface area contributed by atoms with Gasteiger partial charge in [0, 0.05) is 30.9 Å². The smallest absolute Gasteiger partial charge is 0.320 e. The van der Waals surface area contributed by atoms with Gasteiger partial charge in [-0.25, -0.2) is 0 Å². The fourth-order valence-electron chi connectivity index (χ4n) is 3.03. The van der Waals surface area contributed by atoms with Crippen LogP contribution in [0.15, 0.2) is 0 Å². The highest BCUT2D eigenvalue weighted by Gasteiger charge is 2.26. The van der Waals surface area contributed by atoms with Crippen molar-refractivity contribution in [3.05, 3.63) is 0 Å². The molecule has 0 aromatic rings. The maximum atomic E-state index is 10.7. The van der Waals surface area contributed by atoms with E-state index in [1.54, 1.807) is 0 Å². The topological polar surface area (TPSA) is 66.6 Å². The van der Waals surface area contributed by atoms with E-state index in [4.69, 9.17) is 34.0 Å². The zero-order chi connectivity index (χ0) is 15.0. The molecule has 3 N–H and O–H groups in total. The Labute approximate surface area is 131 Å². The van der Waals surface area contributed by atoms with Crippen molar-refractivity contribution in [2.75, 3.05) is 24.8 Å². The minimum atomic E-state index is -0.894. The van der Waals surface area contributed by atoms with Gasteiger partial charge in [0.2, 0.25) is 0 Å². The second-order valence-corrected chi connectivity index (χ2v) is 6.37. The predicted molar refractivity (Wildman–Crippen MR) is 83.6 cm³/mol. The maximum Gasteiger partial charge on any atom is 0.320 e. The Morgan fingerprint density at radius 3 is 2.20 bits per heavy atom. The summed E-state index contributed by atoms with van der Waals surface area (Å²) in [6.45, 7) is 1.79. The number of hydrogen-bond acceptors (Lipinski definition) is 3. The number of nitrogens with two attached hydrogens (primary N) is 1. The molecule has 0 aromatic carbocycles. The molecule has 4 nitrogen and oxygen atoms in total. The Morgan fingerprint density at radius 2 is 1.75 bits per heavy atom. The highest BCUT2D eigenvalue weighted by molar-refractivity contribution is 6.18. The fraction of sp³-hybridized carbons (Fsp3) is 0.929. The molecule has 0 spiro atoms. The Morgan fingerprint density at radius 1 is 1.20 bits per heavy atom. The number of carboxylic acids is 1. The van der Waals surface area contributed by atoms with Crippen LogP contribution in [0.1, 0.15) is 38.5 Å². The number of carbonyl (C=O) groups is 1. The van der Waals surface area contributed by atoms with Crippen LogP contribution in [0.2, 0.25) is 0 Å². The second kappa shape index (κ2) is 9.82. The van der Waals surface area contributed by atoms with Gasteiger partial charge < -0.3 is 10.8 Å². The largest absolute Gasteiger partial charge is 0.480 e. The molecule has 1 saturated carbocycles. The summed E-state index contributed by atoms with van der Waals surface area (Å²) < 4.78 is 0. The molecule has 0 amide bonds. The van der Waals surface area contributed by atoms with E-state index in [9.17, 15) is 4.79 Å². The van der Waals surface area contributed by atoms with E-state index in [0.717, 1.165) is 45.2 Å². The van der Waals surface area contributed by atoms with Crippen molar-refractivity contribution in [1.29, 1.82) is 0 Å². The van der Waals surface area contributed by atoms with Crippen molar-refractivity contribution >= 4 is 29.2 Å². The predicted octanol–water partition coefficient (Wildman–Crippen LogP) is 2.52. The van der Waals surface area contributed by atoms with Gasteiger partial charge in [-0.1, -0.05) is 0 Å². The molecule has 0 unspecified atom stereocenters. The first kappa shape index (κ1) is 18.0. The minimum Gasteiger partial charge on any atom is -0.480 e. The van der Waals surface area contributed by atoms with Crippen molar-refractivity contribution in [3.63, 3.8) is 0 Å². The Hall–Kier alpha value is -0.0300. The lowest BCUT2D eigenvalue weighted by molar-refractivity contribution is -0.138. The molecule has 20 heavy (non-hydrogen) atoms. The van der Waals surface area contributed by atoms with E-state index in [0.29, 0.717) is 30.1 Å². The van der Waals surface area contributed by atoms with Gasteiger partial charge in [-0.3, -0.25) is 9.69 Å². The number of nitrogens with zero attached hydrogens (tertiary/aromatic N) is 1. The van der Waals surface area contributed by atoms with E-state index in [2.05, 4.69) is 4.90 Å². The van der Waals surface area contributed by atoms with Crippen molar-refractivity contribution < 1.29 is 9.90 Å². The van der Waals surface area contributed by atoms with Gasteiger partial charge in [0.1, 0.15) is 6.04 Å². The van der Waals surface area contributed by atoms with Crippen LogP contribution >= 0.6 is 23.2 Å². The zero-order valence-corrected chi connectivity index (χ0v) is 13.5. The molecule has 0 saturated heterocycles. The van der Waals surface area contributed by atoms with Gasteiger partial charge in [0.15, 0.2) is 0 Å². The molecule has 6 heteroatoms. The van der Waals surface area contributed by atoms with Gasteiger partial charge in [0.05, 0.1) is 0 Å². The second-order valence-electron chi connectivity index (χ2n) is 5.61. The molecule has 118 valence electrons. The van der Waals surface area contributed by atoms with Crippen LogP contribution < -0.4 is 5.73 Å². The minimum absolute atomic E-state index is 0.580. The summed E-state index contributed by atoms with van der Waals surface area (Å²) in [6.07, 6.45) is 6.11. The average molecular weight is 325 g/mol. The third kappa shape index (κ3) is 6.17. The van der Waals surface area contributed by atoms with E-state index in [-0.39, 0.29) is 0 Å². The molecule has 1 fully saturated rings. The van der Waals surface area contributed by atoms with Crippen molar-refractivity contribution in [3.8, 4) is 0 Å². The van der Waals surface area contributed by atoms with Crippen molar-refractivity contribution in [2.24, 2.45) is 11.7 Å². The van der Waals surface area contributed by atoms with Crippen LogP contribution in [0, 0.1) is 5.92 Å². The molecule has 0 aliphatic heterocycles. The molecule has 0 aromatic heterocycles. The summed E-state index contributed by atoms with van der Waals surface area (Å²) in [5.74, 6) is 1.01. The number of rotatable bonds is 9. The van der Waals surface area contributed by atoms with Crippen molar-refractivity contribution in [2.45, 2.75) is 50.6 Å². The molecule has 0 heterocycles. The fourth-order valence-corrected chi connectivity index (χ4v) is 3.47. The normalized spacial score (nSPS) is 24.8. The monoisotopic (exact) mass is 324 g/mol. The lowest BCUT2D eigenvalue weighted by Gasteiger charge is -2.36. The number of alkyl halides is 2. The van der Waals surface area contributed by atoms with Gasteiger partial charge in [-0.05, 0) is 44.4 Å². The lowest BCUT2D eigenvalue weighted by atomic mass is 9.82. The van der Waals surface area contributed by atoms with Crippen LogP contribution in [0.3, 0.4) is 0 Å². The summed E-state index contributed by atoms with van der Waals surface area (Å²) in [4.78, 5) is 13.1. The Balaban J connectivity index is 2.29. The first-order valence-corrected chi connectivity index (χ1v) is 8.49. The van der Waals surface area contributed by atoms with E-state index in [1.165, 1.54) is 0 Å². The van der Waals surface area contributed by atoms with Gasteiger partial charge in [-0.15, -0.1) is 23.2 Å². The first-order valence-electron chi connectivity index (χ1n) is 7.42. The summed E-state index contributed by atoms with van der Waals surface area (Å²) in [7, 11) is 0. The molecular weight excluding hydrogens is 299 g/mol. The SMILES string of the molecule is N[C@@H](CCC1CCC(N(CCCl)CCCl)CC1)C(=O)O. The summed E-state index contributed by atoms with van der Waals surface area (Å²) in [6, 6.07) is -0.131.